The summed E-state index contributed by atoms with van der Waals surface area (Å²) in [5, 5.41) is 3.73. The van der Waals surface area contributed by atoms with Crippen molar-refractivity contribution in [3.05, 3.63) is 82.8 Å². The Hall–Kier alpha value is -2.96. The molecule has 7 heteroatoms. The number of carbonyl (C=O) groups excluding carboxylic acids is 1. The van der Waals surface area contributed by atoms with Gasteiger partial charge < -0.3 is 19.2 Å². The number of hydrogen-bond donors (Lipinski definition) is 1. The van der Waals surface area contributed by atoms with E-state index in [0.29, 0.717) is 35.2 Å². The molecule has 1 aliphatic rings. The fourth-order valence-corrected chi connectivity index (χ4v) is 4.03. The van der Waals surface area contributed by atoms with Crippen molar-refractivity contribution < 1.29 is 18.7 Å². The largest absolute Gasteiger partial charge is 0.493 e. The Morgan fingerprint density at radius 1 is 1.12 bits per heavy atom. The summed E-state index contributed by atoms with van der Waals surface area (Å²) in [6.07, 6.45) is 4.01. The Bertz CT molecular complexity index is 1010. The number of carbonyl (C=O) groups is 1. The number of ether oxygens (including phenoxy) is 2. The first-order chi connectivity index (χ1) is 15.6. The van der Waals surface area contributed by atoms with Crippen LogP contribution in [0.2, 0.25) is 5.02 Å². The second kappa shape index (κ2) is 10.6. The second-order valence-electron chi connectivity index (χ2n) is 7.77. The third-order valence-electron chi connectivity index (χ3n) is 5.64. The summed E-state index contributed by atoms with van der Waals surface area (Å²) < 4.78 is 17.0. The fourth-order valence-electron chi connectivity index (χ4n) is 3.90. The lowest BCUT2D eigenvalue weighted by Gasteiger charge is -2.26. The lowest BCUT2D eigenvalue weighted by molar-refractivity contribution is 0.0933. The van der Waals surface area contributed by atoms with Crippen LogP contribution < -0.4 is 14.8 Å². The monoisotopic (exact) mass is 454 g/mol. The van der Waals surface area contributed by atoms with E-state index in [1.165, 1.54) is 12.8 Å². The lowest BCUT2D eigenvalue weighted by Crippen LogP contribution is -2.36. The first-order valence-corrected chi connectivity index (χ1v) is 11.1. The Morgan fingerprint density at radius 2 is 1.91 bits per heavy atom. The van der Waals surface area contributed by atoms with Crippen LogP contribution in [0, 0.1) is 0 Å². The quantitative estimate of drug-likeness (QED) is 0.488. The highest BCUT2D eigenvalue weighted by Crippen LogP contribution is 2.29. The summed E-state index contributed by atoms with van der Waals surface area (Å²) in [6, 6.07) is 16.5. The van der Waals surface area contributed by atoms with Crippen LogP contribution in [0.15, 0.2) is 65.3 Å². The number of rotatable bonds is 9. The predicted molar refractivity (Wildman–Crippen MR) is 123 cm³/mol. The number of amides is 1. The Labute approximate surface area is 193 Å². The van der Waals surface area contributed by atoms with Gasteiger partial charge in [0.25, 0.3) is 5.91 Å². The van der Waals surface area contributed by atoms with Gasteiger partial charge in [0, 0.05) is 17.1 Å². The minimum atomic E-state index is -0.164. The van der Waals surface area contributed by atoms with Crippen LogP contribution in [0.5, 0.6) is 11.5 Å². The van der Waals surface area contributed by atoms with Gasteiger partial charge >= 0.3 is 0 Å². The molecule has 1 aromatic heterocycles. The predicted octanol–water partition coefficient (Wildman–Crippen LogP) is 5.09. The highest BCUT2D eigenvalue weighted by molar-refractivity contribution is 6.30. The number of furan rings is 1. The van der Waals surface area contributed by atoms with Crippen molar-refractivity contribution >= 4 is 17.5 Å². The van der Waals surface area contributed by atoms with E-state index in [9.17, 15) is 4.79 Å². The summed E-state index contributed by atoms with van der Waals surface area (Å²) >= 11 is 5.93. The molecule has 1 N–H and O–H groups in total. The van der Waals surface area contributed by atoms with Crippen LogP contribution in [0.3, 0.4) is 0 Å². The van der Waals surface area contributed by atoms with Gasteiger partial charge in [-0.15, -0.1) is 0 Å². The van der Waals surface area contributed by atoms with Crippen LogP contribution in [0.25, 0.3) is 0 Å². The molecule has 0 radical (unpaired) electrons. The molecule has 3 aromatic rings. The molecule has 2 heterocycles. The molecule has 4 rings (SSSR count). The van der Waals surface area contributed by atoms with E-state index >= 15 is 0 Å². The molecule has 1 aliphatic heterocycles. The number of halogens is 1. The third-order valence-corrected chi connectivity index (χ3v) is 5.89. The zero-order valence-corrected chi connectivity index (χ0v) is 18.8. The Kier molecular flexibility index (Phi) is 7.35. The van der Waals surface area contributed by atoms with Gasteiger partial charge in [-0.25, -0.2) is 0 Å². The minimum absolute atomic E-state index is 0.0281. The van der Waals surface area contributed by atoms with E-state index in [-0.39, 0.29) is 11.9 Å². The third kappa shape index (κ3) is 5.44. The van der Waals surface area contributed by atoms with Gasteiger partial charge in [0.05, 0.1) is 19.4 Å². The SMILES string of the molecule is COc1cc(C(=O)NCC(c2ccco2)N2CCCC2)ccc1OCc1ccc(Cl)cc1. The smallest absolute Gasteiger partial charge is 0.251 e. The van der Waals surface area contributed by atoms with Gasteiger partial charge in [0.15, 0.2) is 11.5 Å². The second-order valence-corrected chi connectivity index (χ2v) is 8.20. The molecular weight excluding hydrogens is 428 g/mol. The number of nitrogens with one attached hydrogen (secondary N) is 1. The molecule has 1 atom stereocenters. The van der Waals surface area contributed by atoms with Gasteiger partial charge in [0.2, 0.25) is 0 Å². The molecule has 168 valence electrons. The molecule has 0 saturated carbocycles. The number of benzene rings is 2. The average Bonchev–Trinajstić information content (AvgIpc) is 3.54. The molecule has 0 spiro atoms. The molecule has 2 aromatic carbocycles. The van der Waals surface area contributed by atoms with E-state index in [1.807, 2.05) is 36.4 Å². The van der Waals surface area contributed by atoms with Gasteiger partial charge in [-0.1, -0.05) is 23.7 Å². The molecule has 6 nitrogen and oxygen atoms in total. The summed E-state index contributed by atoms with van der Waals surface area (Å²) in [6.45, 7) is 2.87. The van der Waals surface area contributed by atoms with Gasteiger partial charge in [-0.2, -0.15) is 0 Å². The van der Waals surface area contributed by atoms with Crippen LogP contribution in [0.1, 0.15) is 40.6 Å². The van der Waals surface area contributed by atoms with Crippen molar-refractivity contribution in [3.8, 4) is 11.5 Å². The fraction of sp³-hybridized carbons (Fsp3) is 0.320. The zero-order chi connectivity index (χ0) is 22.3. The summed E-state index contributed by atoms with van der Waals surface area (Å²) in [4.78, 5) is 15.2. The minimum Gasteiger partial charge on any atom is -0.493 e. The van der Waals surface area contributed by atoms with Crippen LogP contribution >= 0.6 is 11.6 Å². The number of methoxy groups -OCH3 is 1. The number of hydrogen-bond acceptors (Lipinski definition) is 5. The highest BCUT2D eigenvalue weighted by atomic mass is 35.5. The van der Waals surface area contributed by atoms with Crippen molar-refractivity contribution in [1.29, 1.82) is 0 Å². The Balaban J connectivity index is 1.40. The standard InChI is InChI=1S/C25H27ClN2O4/c1-30-24-15-19(8-11-23(24)32-17-18-6-9-20(26)10-7-18)25(29)27-16-21(22-5-4-14-31-22)28-12-2-3-13-28/h4-11,14-15,21H,2-3,12-13,16-17H2,1H3,(H,27,29). The summed E-state index contributed by atoms with van der Waals surface area (Å²) in [7, 11) is 1.56. The van der Waals surface area contributed by atoms with Gasteiger partial charge in [-0.3, -0.25) is 9.69 Å². The highest BCUT2D eigenvalue weighted by Gasteiger charge is 2.26. The first-order valence-electron chi connectivity index (χ1n) is 10.7. The van der Waals surface area contributed by atoms with Gasteiger partial charge in [0.1, 0.15) is 12.4 Å². The van der Waals surface area contributed by atoms with Crippen molar-refractivity contribution in [2.75, 3.05) is 26.7 Å². The average molecular weight is 455 g/mol. The van der Waals surface area contributed by atoms with Crippen LogP contribution in [0.4, 0.5) is 0 Å². The van der Waals surface area contributed by atoms with Crippen molar-refractivity contribution in [3.63, 3.8) is 0 Å². The van der Waals surface area contributed by atoms with E-state index < -0.39 is 0 Å². The molecular formula is C25H27ClN2O4. The van der Waals surface area contributed by atoms with E-state index in [2.05, 4.69) is 10.2 Å². The van der Waals surface area contributed by atoms with Crippen molar-refractivity contribution in [2.45, 2.75) is 25.5 Å². The zero-order valence-electron chi connectivity index (χ0n) is 18.1. The topological polar surface area (TPSA) is 63.9 Å². The van der Waals surface area contributed by atoms with E-state index in [0.717, 1.165) is 24.4 Å². The lowest BCUT2D eigenvalue weighted by atomic mass is 10.1. The summed E-state index contributed by atoms with van der Waals surface area (Å²) in [5.74, 6) is 1.79. The maximum atomic E-state index is 12.9. The van der Waals surface area contributed by atoms with E-state index in [4.69, 9.17) is 25.5 Å². The normalized spacial score (nSPS) is 14.8. The first kappa shape index (κ1) is 22.2. The van der Waals surface area contributed by atoms with Crippen molar-refractivity contribution in [1.82, 2.24) is 10.2 Å². The Morgan fingerprint density at radius 3 is 2.59 bits per heavy atom. The molecule has 0 aliphatic carbocycles. The van der Waals surface area contributed by atoms with Crippen LogP contribution in [-0.2, 0) is 6.61 Å². The molecule has 32 heavy (non-hydrogen) atoms. The molecule has 1 fully saturated rings. The molecule has 1 amide bonds. The maximum absolute atomic E-state index is 12.9. The number of likely N-dealkylation sites (tertiary alicyclic amines) is 1. The van der Waals surface area contributed by atoms with Crippen molar-refractivity contribution in [2.24, 2.45) is 0 Å². The maximum Gasteiger partial charge on any atom is 0.251 e. The molecule has 1 saturated heterocycles. The van der Waals surface area contributed by atoms with Crippen LogP contribution in [-0.4, -0.2) is 37.6 Å². The summed E-state index contributed by atoms with van der Waals surface area (Å²) in [5.41, 5.74) is 1.50. The number of nitrogens with zero attached hydrogens (tertiary/aromatic N) is 1. The molecule has 1 unspecified atom stereocenters. The van der Waals surface area contributed by atoms with E-state index in [1.54, 1.807) is 31.6 Å². The molecule has 0 bridgehead atoms. The van der Waals surface area contributed by atoms with Gasteiger partial charge in [-0.05, 0) is 74.0 Å².